The van der Waals surface area contributed by atoms with E-state index < -0.39 is 0 Å². The summed E-state index contributed by atoms with van der Waals surface area (Å²) in [4.78, 5) is 14.5. The van der Waals surface area contributed by atoms with Crippen LogP contribution in [0.15, 0.2) is 24.3 Å². The molecule has 1 saturated heterocycles. The van der Waals surface area contributed by atoms with E-state index in [4.69, 9.17) is 9.47 Å². The molecule has 0 radical (unpaired) electrons. The fraction of sp³-hybridized carbons (Fsp3) is 0.588. The molecule has 0 aromatic heterocycles. The number of rotatable bonds is 7. The van der Waals surface area contributed by atoms with Gasteiger partial charge in [0.05, 0.1) is 6.61 Å². The maximum Gasteiger partial charge on any atom is 0.253 e. The van der Waals surface area contributed by atoms with Gasteiger partial charge in [-0.25, -0.2) is 0 Å². The summed E-state index contributed by atoms with van der Waals surface area (Å²) in [7, 11) is 3.62. The van der Waals surface area contributed by atoms with Crippen LogP contribution in [0.1, 0.15) is 23.2 Å². The number of nitrogens with one attached hydrogen (secondary N) is 1. The number of likely N-dealkylation sites (tertiary alicyclic amines) is 1. The third kappa shape index (κ3) is 4.71. The largest absolute Gasteiger partial charge is 0.491 e. The monoisotopic (exact) mass is 306 g/mol. The molecule has 0 bridgehead atoms. The van der Waals surface area contributed by atoms with Crippen molar-refractivity contribution in [3.05, 3.63) is 29.8 Å². The number of nitrogens with zero attached hydrogens (tertiary/aromatic N) is 1. The van der Waals surface area contributed by atoms with Crippen LogP contribution in [0.25, 0.3) is 0 Å². The van der Waals surface area contributed by atoms with Crippen LogP contribution >= 0.6 is 0 Å². The van der Waals surface area contributed by atoms with Gasteiger partial charge in [0.1, 0.15) is 12.4 Å². The van der Waals surface area contributed by atoms with Crippen molar-refractivity contribution < 1.29 is 14.3 Å². The quantitative estimate of drug-likeness (QED) is 0.780. The van der Waals surface area contributed by atoms with Crippen LogP contribution in [0, 0.1) is 5.92 Å². The minimum Gasteiger partial charge on any atom is -0.491 e. The molecule has 1 aliphatic heterocycles. The molecule has 0 aliphatic carbocycles. The summed E-state index contributed by atoms with van der Waals surface area (Å²) in [5.41, 5.74) is 0.696. The first-order chi connectivity index (χ1) is 10.7. The van der Waals surface area contributed by atoms with E-state index in [0.29, 0.717) is 30.4 Å². The Kier molecular flexibility index (Phi) is 6.68. The van der Waals surface area contributed by atoms with Crippen LogP contribution < -0.4 is 10.1 Å². The zero-order valence-electron chi connectivity index (χ0n) is 13.5. The fourth-order valence-electron chi connectivity index (χ4n) is 2.77. The third-order valence-corrected chi connectivity index (χ3v) is 4.03. The first kappa shape index (κ1) is 16.8. The Morgan fingerprint density at radius 2 is 2.09 bits per heavy atom. The number of ether oxygens (including phenoxy) is 2. The van der Waals surface area contributed by atoms with Crippen molar-refractivity contribution in [1.82, 2.24) is 10.2 Å². The number of carbonyl (C=O) groups excluding carboxylic acids is 1. The standard InChI is InChI=1S/C17H26N2O3/c1-18-13-14-6-8-19(9-7-14)17(20)15-4-3-5-16(12-15)22-11-10-21-2/h3-5,12,14,18H,6-11,13H2,1-2H3. The number of piperidine rings is 1. The molecule has 122 valence electrons. The van der Waals surface area contributed by atoms with Gasteiger partial charge in [-0.3, -0.25) is 4.79 Å². The highest BCUT2D eigenvalue weighted by Gasteiger charge is 2.23. The van der Waals surface area contributed by atoms with Gasteiger partial charge in [0.15, 0.2) is 0 Å². The molecule has 22 heavy (non-hydrogen) atoms. The number of carbonyl (C=O) groups is 1. The highest BCUT2D eigenvalue weighted by atomic mass is 16.5. The molecule has 1 amide bonds. The molecule has 5 heteroatoms. The summed E-state index contributed by atoms with van der Waals surface area (Å²) >= 11 is 0. The molecule has 1 aliphatic rings. The second kappa shape index (κ2) is 8.76. The lowest BCUT2D eigenvalue weighted by Gasteiger charge is -2.32. The van der Waals surface area contributed by atoms with Gasteiger partial charge in [0.25, 0.3) is 5.91 Å². The first-order valence-electron chi connectivity index (χ1n) is 7.90. The fourth-order valence-corrected chi connectivity index (χ4v) is 2.77. The summed E-state index contributed by atoms with van der Waals surface area (Å²) in [6.45, 7) is 3.73. The normalized spacial score (nSPS) is 15.8. The molecule has 1 N–H and O–H groups in total. The van der Waals surface area contributed by atoms with Crippen molar-refractivity contribution in [2.24, 2.45) is 5.92 Å². The van der Waals surface area contributed by atoms with Crippen LogP contribution in [0.5, 0.6) is 5.75 Å². The zero-order chi connectivity index (χ0) is 15.8. The number of amides is 1. The molecular formula is C17H26N2O3. The molecule has 0 atom stereocenters. The highest BCUT2D eigenvalue weighted by Crippen LogP contribution is 2.20. The maximum atomic E-state index is 12.6. The highest BCUT2D eigenvalue weighted by molar-refractivity contribution is 5.94. The van der Waals surface area contributed by atoms with E-state index in [1.807, 2.05) is 36.2 Å². The Labute approximate surface area is 132 Å². The van der Waals surface area contributed by atoms with Crippen LogP contribution in [-0.4, -0.2) is 57.8 Å². The van der Waals surface area contributed by atoms with E-state index in [1.165, 1.54) is 0 Å². The summed E-state index contributed by atoms with van der Waals surface area (Å²) in [5, 5.41) is 3.21. The molecule has 0 saturated carbocycles. The van der Waals surface area contributed by atoms with Gasteiger partial charge in [0.2, 0.25) is 0 Å². The van der Waals surface area contributed by atoms with E-state index in [-0.39, 0.29) is 5.91 Å². The van der Waals surface area contributed by atoms with E-state index in [0.717, 1.165) is 32.5 Å². The second-order valence-corrected chi connectivity index (χ2v) is 5.66. The lowest BCUT2D eigenvalue weighted by atomic mass is 9.96. The summed E-state index contributed by atoms with van der Waals surface area (Å²) in [5.74, 6) is 1.49. The SMILES string of the molecule is CNCC1CCN(C(=O)c2cccc(OCCOC)c2)CC1. The molecule has 0 spiro atoms. The third-order valence-electron chi connectivity index (χ3n) is 4.03. The summed E-state index contributed by atoms with van der Waals surface area (Å²) in [6, 6.07) is 7.40. The molecule has 1 heterocycles. The van der Waals surface area contributed by atoms with E-state index in [9.17, 15) is 4.79 Å². The van der Waals surface area contributed by atoms with Gasteiger partial charge < -0.3 is 19.7 Å². The molecule has 0 unspecified atom stereocenters. The smallest absolute Gasteiger partial charge is 0.253 e. The van der Waals surface area contributed by atoms with Gasteiger partial charge in [-0.15, -0.1) is 0 Å². The number of benzene rings is 1. The Balaban J connectivity index is 1.91. The molecule has 2 rings (SSSR count). The maximum absolute atomic E-state index is 12.6. The molecule has 1 aromatic rings. The number of methoxy groups -OCH3 is 1. The predicted molar refractivity (Wildman–Crippen MR) is 86.4 cm³/mol. The van der Waals surface area contributed by atoms with E-state index in [2.05, 4.69) is 5.32 Å². The van der Waals surface area contributed by atoms with Gasteiger partial charge in [-0.2, -0.15) is 0 Å². The summed E-state index contributed by atoms with van der Waals surface area (Å²) in [6.07, 6.45) is 2.13. The molecule has 1 aromatic carbocycles. The lowest BCUT2D eigenvalue weighted by Crippen LogP contribution is -2.40. The van der Waals surface area contributed by atoms with E-state index >= 15 is 0 Å². The van der Waals surface area contributed by atoms with Gasteiger partial charge in [-0.05, 0) is 50.6 Å². The van der Waals surface area contributed by atoms with E-state index in [1.54, 1.807) is 7.11 Å². The van der Waals surface area contributed by atoms with Crippen molar-refractivity contribution in [3.8, 4) is 5.75 Å². The van der Waals surface area contributed by atoms with Crippen LogP contribution in [-0.2, 0) is 4.74 Å². The van der Waals surface area contributed by atoms with Crippen molar-refractivity contribution in [2.45, 2.75) is 12.8 Å². The van der Waals surface area contributed by atoms with Crippen molar-refractivity contribution in [1.29, 1.82) is 0 Å². The zero-order valence-corrected chi connectivity index (χ0v) is 13.5. The van der Waals surface area contributed by atoms with Crippen LogP contribution in [0.3, 0.4) is 0 Å². The number of hydrogen-bond donors (Lipinski definition) is 1. The van der Waals surface area contributed by atoms with Gasteiger partial charge >= 0.3 is 0 Å². The molecular weight excluding hydrogens is 280 g/mol. The average molecular weight is 306 g/mol. The number of hydrogen-bond acceptors (Lipinski definition) is 4. The minimum absolute atomic E-state index is 0.0973. The van der Waals surface area contributed by atoms with Gasteiger partial charge in [0, 0.05) is 25.8 Å². The Morgan fingerprint density at radius 3 is 2.77 bits per heavy atom. The van der Waals surface area contributed by atoms with Crippen LogP contribution in [0.2, 0.25) is 0 Å². The van der Waals surface area contributed by atoms with Crippen LogP contribution in [0.4, 0.5) is 0 Å². The Hall–Kier alpha value is -1.59. The summed E-state index contributed by atoms with van der Waals surface area (Å²) < 4.78 is 10.5. The Bertz CT molecular complexity index is 471. The first-order valence-corrected chi connectivity index (χ1v) is 7.90. The van der Waals surface area contributed by atoms with Crippen molar-refractivity contribution in [3.63, 3.8) is 0 Å². The Morgan fingerprint density at radius 1 is 1.32 bits per heavy atom. The predicted octanol–water partition coefficient (Wildman–Crippen LogP) is 1.78. The average Bonchev–Trinajstić information content (AvgIpc) is 2.56. The van der Waals surface area contributed by atoms with Crippen molar-refractivity contribution in [2.75, 3.05) is 47.0 Å². The minimum atomic E-state index is 0.0973. The van der Waals surface area contributed by atoms with Crippen molar-refractivity contribution >= 4 is 5.91 Å². The topological polar surface area (TPSA) is 50.8 Å². The molecule has 5 nitrogen and oxygen atoms in total. The second-order valence-electron chi connectivity index (χ2n) is 5.66. The molecule has 1 fully saturated rings. The lowest BCUT2D eigenvalue weighted by molar-refractivity contribution is 0.0690. The van der Waals surface area contributed by atoms with Gasteiger partial charge in [-0.1, -0.05) is 6.07 Å².